The van der Waals surface area contributed by atoms with E-state index in [9.17, 15) is 0 Å². The second-order valence-corrected chi connectivity index (χ2v) is 8.68. The number of hydrogen-bond acceptors (Lipinski definition) is 3. The van der Waals surface area contributed by atoms with E-state index in [-0.39, 0.29) is 5.41 Å². The highest BCUT2D eigenvalue weighted by atomic mass is 16.5. The van der Waals surface area contributed by atoms with Gasteiger partial charge in [-0.15, -0.1) is 0 Å². The molecular weight excluding hydrogens is 308 g/mol. The lowest BCUT2D eigenvalue weighted by atomic mass is 9.86. The Kier molecular flexibility index (Phi) is 5.93. The van der Waals surface area contributed by atoms with Crippen molar-refractivity contribution in [2.75, 3.05) is 37.7 Å². The summed E-state index contributed by atoms with van der Waals surface area (Å²) in [4.78, 5) is 5.30. The molecule has 2 fully saturated rings. The number of nitrogens with zero attached hydrogens (tertiary/aromatic N) is 2. The number of piperidine rings is 2. The molecule has 0 aromatic heterocycles. The highest BCUT2D eigenvalue weighted by molar-refractivity contribution is 5.55. The lowest BCUT2D eigenvalue weighted by molar-refractivity contribution is 0.141. The minimum Gasteiger partial charge on any atom is -0.493 e. The first-order valence-corrected chi connectivity index (χ1v) is 10.3. The normalized spacial score (nSPS) is 20.7. The lowest BCUT2D eigenvalue weighted by Crippen LogP contribution is -2.46. The molecule has 140 valence electrons. The van der Waals surface area contributed by atoms with Gasteiger partial charge < -0.3 is 14.5 Å². The molecule has 2 aliphatic heterocycles. The topological polar surface area (TPSA) is 15.7 Å². The van der Waals surface area contributed by atoms with Gasteiger partial charge in [-0.1, -0.05) is 33.3 Å². The zero-order valence-electron chi connectivity index (χ0n) is 16.7. The monoisotopic (exact) mass is 344 g/mol. The van der Waals surface area contributed by atoms with Crippen molar-refractivity contribution >= 4 is 5.69 Å². The second-order valence-electron chi connectivity index (χ2n) is 8.68. The fourth-order valence-electron chi connectivity index (χ4n) is 4.37. The zero-order valence-corrected chi connectivity index (χ0v) is 16.7. The molecule has 3 heteroatoms. The number of rotatable bonds is 4. The number of benzene rings is 1. The molecule has 0 spiro atoms. The van der Waals surface area contributed by atoms with Crippen LogP contribution in [0.3, 0.4) is 0 Å². The largest absolute Gasteiger partial charge is 0.493 e. The average molecular weight is 345 g/mol. The maximum absolute atomic E-state index is 5.98. The average Bonchev–Trinajstić information content (AvgIpc) is 2.62. The van der Waals surface area contributed by atoms with Crippen molar-refractivity contribution in [1.29, 1.82) is 0 Å². The Bertz CT molecular complexity index is 550. The van der Waals surface area contributed by atoms with Gasteiger partial charge in [0.25, 0.3) is 0 Å². The molecule has 2 heterocycles. The molecule has 0 unspecified atom stereocenters. The first-order valence-electron chi connectivity index (χ1n) is 10.3. The third-order valence-electron chi connectivity index (χ3n) is 5.81. The summed E-state index contributed by atoms with van der Waals surface area (Å²) >= 11 is 0. The predicted octanol–water partition coefficient (Wildman–Crippen LogP) is 4.84. The molecule has 1 aromatic rings. The fraction of sp³-hybridized carbons (Fsp3) is 0.727. The maximum Gasteiger partial charge on any atom is 0.125 e. The van der Waals surface area contributed by atoms with E-state index in [0.717, 1.165) is 18.4 Å². The summed E-state index contributed by atoms with van der Waals surface area (Å²) in [7, 11) is 0. The predicted molar refractivity (Wildman–Crippen MR) is 107 cm³/mol. The highest BCUT2D eigenvalue weighted by Gasteiger charge is 2.26. The number of ether oxygens (including phenoxy) is 1. The van der Waals surface area contributed by atoms with E-state index < -0.39 is 0 Å². The summed E-state index contributed by atoms with van der Waals surface area (Å²) in [5.41, 5.74) is 2.75. The molecular formula is C22H36N2O. The van der Waals surface area contributed by atoms with Crippen LogP contribution in [0.5, 0.6) is 5.75 Å². The molecule has 3 nitrogen and oxygen atoms in total. The van der Waals surface area contributed by atoms with E-state index in [1.807, 2.05) is 0 Å². The summed E-state index contributed by atoms with van der Waals surface area (Å²) in [6, 6.07) is 7.64. The van der Waals surface area contributed by atoms with E-state index in [0.29, 0.717) is 0 Å². The third kappa shape index (κ3) is 4.49. The summed E-state index contributed by atoms with van der Waals surface area (Å²) in [6.07, 6.45) is 6.81. The van der Waals surface area contributed by atoms with Gasteiger partial charge in [-0.3, -0.25) is 0 Å². The zero-order chi connectivity index (χ0) is 17.9. The maximum atomic E-state index is 5.98. The Balaban J connectivity index is 1.67. The number of likely N-dealkylation sites (tertiary alicyclic amines) is 1. The SMILES string of the molecule is CCOc1cc(N2CCC(N3CCCCC3)CC2)ccc1C(C)(C)C. The van der Waals surface area contributed by atoms with Crippen LogP contribution < -0.4 is 9.64 Å². The Morgan fingerprint density at radius 1 is 1.00 bits per heavy atom. The second kappa shape index (κ2) is 7.99. The van der Waals surface area contributed by atoms with Crippen molar-refractivity contribution in [2.45, 2.75) is 71.3 Å². The van der Waals surface area contributed by atoms with Crippen LogP contribution in [0.25, 0.3) is 0 Å². The van der Waals surface area contributed by atoms with Crippen molar-refractivity contribution in [3.8, 4) is 5.75 Å². The first kappa shape index (κ1) is 18.6. The van der Waals surface area contributed by atoms with Gasteiger partial charge in [0.1, 0.15) is 5.75 Å². The van der Waals surface area contributed by atoms with Crippen LogP contribution in [0.1, 0.15) is 65.4 Å². The van der Waals surface area contributed by atoms with Crippen LogP contribution in [0.15, 0.2) is 18.2 Å². The quantitative estimate of drug-likeness (QED) is 0.777. The smallest absolute Gasteiger partial charge is 0.125 e. The van der Waals surface area contributed by atoms with Crippen molar-refractivity contribution < 1.29 is 4.74 Å². The molecule has 0 saturated carbocycles. The van der Waals surface area contributed by atoms with Crippen LogP contribution >= 0.6 is 0 Å². The molecule has 0 atom stereocenters. The van der Waals surface area contributed by atoms with Gasteiger partial charge in [0.2, 0.25) is 0 Å². The van der Waals surface area contributed by atoms with Gasteiger partial charge in [-0.2, -0.15) is 0 Å². The minimum absolute atomic E-state index is 0.115. The van der Waals surface area contributed by atoms with Crippen LogP contribution in [0.2, 0.25) is 0 Å². The number of anilines is 1. The van der Waals surface area contributed by atoms with Gasteiger partial charge in [-0.05, 0) is 62.7 Å². The Morgan fingerprint density at radius 3 is 2.28 bits per heavy atom. The van der Waals surface area contributed by atoms with Crippen LogP contribution in [-0.2, 0) is 5.41 Å². The molecule has 1 aromatic carbocycles. The molecule has 25 heavy (non-hydrogen) atoms. The molecule has 0 aliphatic carbocycles. The lowest BCUT2D eigenvalue weighted by Gasteiger charge is -2.41. The Labute approximate surface area is 154 Å². The van der Waals surface area contributed by atoms with Crippen molar-refractivity contribution in [3.63, 3.8) is 0 Å². The van der Waals surface area contributed by atoms with Gasteiger partial charge >= 0.3 is 0 Å². The summed E-state index contributed by atoms with van der Waals surface area (Å²) in [6.45, 7) is 14.5. The van der Waals surface area contributed by atoms with Crippen LogP contribution in [0, 0.1) is 0 Å². The summed E-state index contributed by atoms with van der Waals surface area (Å²) in [5.74, 6) is 1.06. The van der Waals surface area contributed by atoms with Crippen molar-refractivity contribution in [2.24, 2.45) is 0 Å². The van der Waals surface area contributed by atoms with E-state index >= 15 is 0 Å². The molecule has 2 aliphatic rings. The van der Waals surface area contributed by atoms with Crippen LogP contribution in [0.4, 0.5) is 5.69 Å². The van der Waals surface area contributed by atoms with Gasteiger partial charge in [0.15, 0.2) is 0 Å². The molecule has 0 amide bonds. The van der Waals surface area contributed by atoms with E-state index in [4.69, 9.17) is 4.74 Å². The highest BCUT2D eigenvalue weighted by Crippen LogP contribution is 2.35. The molecule has 2 saturated heterocycles. The Hall–Kier alpha value is -1.22. The van der Waals surface area contributed by atoms with Crippen molar-refractivity contribution in [3.05, 3.63) is 23.8 Å². The Morgan fingerprint density at radius 2 is 1.68 bits per heavy atom. The van der Waals surface area contributed by atoms with Gasteiger partial charge in [0, 0.05) is 30.9 Å². The molecule has 0 bridgehead atoms. The first-order chi connectivity index (χ1) is 12.0. The van der Waals surface area contributed by atoms with E-state index in [1.54, 1.807) is 0 Å². The van der Waals surface area contributed by atoms with Crippen LogP contribution in [-0.4, -0.2) is 43.7 Å². The standard InChI is InChI=1S/C22H36N2O/c1-5-25-21-17-19(9-10-20(21)22(2,3)4)24-15-11-18(12-16-24)23-13-7-6-8-14-23/h9-10,17-18H,5-8,11-16H2,1-4H3. The summed E-state index contributed by atoms with van der Waals surface area (Å²) < 4.78 is 5.98. The van der Waals surface area contributed by atoms with E-state index in [2.05, 4.69) is 55.7 Å². The molecule has 0 N–H and O–H groups in total. The van der Waals surface area contributed by atoms with Crippen molar-refractivity contribution in [1.82, 2.24) is 4.90 Å². The number of hydrogen-bond donors (Lipinski definition) is 0. The van der Waals surface area contributed by atoms with Gasteiger partial charge in [-0.25, -0.2) is 0 Å². The molecule has 3 rings (SSSR count). The third-order valence-corrected chi connectivity index (χ3v) is 5.81. The summed E-state index contributed by atoms with van der Waals surface area (Å²) in [5, 5.41) is 0. The van der Waals surface area contributed by atoms with Gasteiger partial charge in [0.05, 0.1) is 6.61 Å². The fourth-order valence-corrected chi connectivity index (χ4v) is 4.37. The molecule has 0 radical (unpaired) electrons. The minimum atomic E-state index is 0.115. The van der Waals surface area contributed by atoms with E-state index in [1.165, 1.54) is 69.5 Å².